The molecular formula is C27H22Cl2N2O4. The Hall–Kier alpha value is -3.16. The average molecular weight is 509 g/mol. The van der Waals surface area contributed by atoms with Crippen LogP contribution in [0, 0.1) is 0 Å². The first kappa shape index (κ1) is 23.6. The quantitative estimate of drug-likeness (QED) is 0.287. The summed E-state index contributed by atoms with van der Waals surface area (Å²) in [6.45, 7) is 0.674. The Morgan fingerprint density at radius 3 is 2.54 bits per heavy atom. The highest BCUT2D eigenvalue weighted by Gasteiger charge is 2.44. The summed E-state index contributed by atoms with van der Waals surface area (Å²) < 4.78 is 20.0. The van der Waals surface area contributed by atoms with Gasteiger partial charge in [0.15, 0.2) is 0 Å². The topological polar surface area (TPSA) is 62.6 Å². The van der Waals surface area contributed by atoms with E-state index in [1.807, 2.05) is 53.2 Å². The molecule has 0 saturated carbocycles. The van der Waals surface area contributed by atoms with Gasteiger partial charge >= 0.3 is 5.97 Å². The number of carbonyl (C=O) groups is 1. The van der Waals surface area contributed by atoms with Gasteiger partial charge in [-0.1, -0.05) is 77.8 Å². The van der Waals surface area contributed by atoms with Crippen molar-refractivity contribution in [3.8, 4) is 11.1 Å². The van der Waals surface area contributed by atoms with Gasteiger partial charge in [0.25, 0.3) is 0 Å². The van der Waals surface area contributed by atoms with Crippen LogP contribution in [0.15, 0.2) is 91.5 Å². The van der Waals surface area contributed by atoms with E-state index in [0.717, 1.165) is 16.7 Å². The summed E-state index contributed by atoms with van der Waals surface area (Å²) in [4.78, 5) is 16.7. The van der Waals surface area contributed by atoms with E-state index in [-0.39, 0.29) is 23.8 Å². The number of imidazole rings is 1. The van der Waals surface area contributed by atoms with Gasteiger partial charge in [-0.2, -0.15) is 0 Å². The largest absolute Gasteiger partial charge is 0.459 e. The van der Waals surface area contributed by atoms with Gasteiger partial charge in [0.05, 0.1) is 30.1 Å². The molecule has 2 atom stereocenters. The van der Waals surface area contributed by atoms with Crippen LogP contribution in [0.4, 0.5) is 0 Å². The lowest BCUT2D eigenvalue weighted by Gasteiger charge is -2.29. The Bertz CT molecular complexity index is 1300. The number of carbonyl (C=O) groups excluding carboxylic acids is 1. The van der Waals surface area contributed by atoms with E-state index in [0.29, 0.717) is 11.6 Å². The van der Waals surface area contributed by atoms with Crippen molar-refractivity contribution < 1.29 is 19.0 Å². The zero-order valence-corrected chi connectivity index (χ0v) is 20.2. The molecule has 1 fully saturated rings. The third kappa shape index (κ3) is 5.26. The van der Waals surface area contributed by atoms with E-state index in [9.17, 15) is 4.79 Å². The molecule has 0 spiro atoms. The molecule has 4 aromatic rings. The summed E-state index contributed by atoms with van der Waals surface area (Å²) in [6, 6.07) is 22.9. The van der Waals surface area contributed by atoms with Crippen molar-refractivity contribution in [2.24, 2.45) is 0 Å². The molecule has 5 rings (SSSR count). The van der Waals surface area contributed by atoms with Crippen molar-refractivity contribution in [2.45, 2.75) is 18.4 Å². The SMILES string of the molecule is O=C(OC[C@H]1CO[C@](Cn2ccnc2)(c2ccc(-c3ccccc3)cc2)O1)c1ccc(Cl)cc1Cl. The van der Waals surface area contributed by atoms with Crippen LogP contribution in [0.5, 0.6) is 0 Å². The van der Waals surface area contributed by atoms with Crippen LogP contribution in [-0.2, 0) is 26.5 Å². The Labute approximate surface area is 213 Å². The predicted molar refractivity (Wildman–Crippen MR) is 133 cm³/mol. The lowest BCUT2D eigenvalue weighted by Crippen LogP contribution is -2.34. The van der Waals surface area contributed by atoms with E-state index < -0.39 is 17.9 Å². The fourth-order valence-electron chi connectivity index (χ4n) is 4.04. The van der Waals surface area contributed by atoms with Crippen LogP contribution in [-0.4, -0.2) is 34.8 Å². The van der Waals surface area contributed by atoms with Gasteiger partial charge in [-0.3, -0.25) is 0 Å². The maximum atomic E-state index is 12.5. The highest BCUT2D eigenvalue weighted by molar-refractivity contribution is 6.36. The molecule has 178 valence electrons. The maximum Gasteiger partial charge on any atom is 0.339 e. The molecule has 0 bridgehead atoms. The molecular weight excluding hydrogens is 487 g/mol. The van der Waals surface area contributed by atoms with Crippen LogP contribution in [0.2, 0.25) is 10.0 Å². The summed E-state index contributed by atoms with van der Waals surface area (Å²) >= 11 is 12.0. The van der Waals surface area contributed by atoms with Crippen molar-refractivity contribution in [1.29, 1.82) is 0 Å². The van der Waals surface area contributed by atoms with Gasteiger partial charge in [0.1, 0.15) is 12.7 Å². The van der Waals surface area contributed by atoms with Crippen LogP contribution in [0.25, 0.3) is 11.1 Å². The molecule has 0 aliphatic carbocycles. The normalized spacial score (nSPS) is 19.5. The second kappa shape index (κ2) is 10.2. The van der Waals surface area contributed by atoms with Gasteiger partial charge in [0, 0.05) is 23.0 Å². The molecule has 8 heteroatoms. The third-order valence-electron chi connectivity index (χ3n) is 5.79. The number of aromatic nitrogens is 2. The van der Waals surface area contributed by atoms with E-state index >= 15 is 0 Å². The van der Waals surface area contributed by atoms with E-state index in [4.69, 9.17) is 37.4 Å². The zero-order valence-electron chi connectivity index (χ0n) is 18.6. The highest BCUT2D eigenvalue weighted by Crippen LogP contribution is 2.37. The first-order valence-electron chi connectivity index (χ1n) is 11.1. The van der Waals surface area contributed by atoms with Crippen molar-refractivity contribution in [2.75, 3.05) is 13.2 Å². The Morgan fingerprint density at radius 1 is 1.06 bits per heavy atom. The molecule has 0 unspecified atom stereocenters. The van der Waals surface area contributed by atoms with Crippen molar-refractivity contribution in [3.05, 3.63) is 113 Å². The minimum atomic E-state index is -1.05. The molecule has 1 aliphatic heterocycles. The van der Waals surface area contributed by atoms with Gasteiger partial charge in [-0.15, -0.1) is 0 Å². The predicted octanol–water partition coefficient (Wildman–Crippen LogP) is 5.98. The van der Waals surface area contributed by atoms with E-state index in [1.54, 1.807) is 18.6 Å². The second-order valence-electron chi connectivity index (χ2n) is 8.20. The Balaban J connectivity index is 1.33. The Morgan fingerprint density at radius 2 is 1.83 bits per heavy atom. The van der Waals surface area contributed by atoms with E-state index in [2.05, 4.69) is 17.1 Å². The molecule has 2 heterocycles. The van der Waals surface area contributed by atoms with Gasteiger partial charge in [-0.05, 0) is 29.3 Å². The summed E-state index contributed by atoms with van der Waals surface area (Å²) in [5.41, 5.74) is 3.33. The van der Waals surface area contributed by atoms with Crippen molar-refractivity contribution in [1.82, 2.24) is 9.55 Å². The number of benzene rings is 3. The molecule has 1 aromatic heterocycles. The van der Waals surface area contributed by atoms with Gasteiger partial charge in [0.2, 0.25) is 5.79 Å². The highest BCUT2D eigenvalue weighted by atomic mass is 35.5. The summed E-state index contributed by atoms with van der Waals surface area (Å²) in [7, 11) is 0. The number of hydrogen-bond acceptors (Lipinski definition) is 5. The molecule has 3 aromatic carbocycles. The monoisotopic (exact) mass is 508 g/mol. The summed E-state index contributed by atoms with van der Waals surface area (Å²) in [5.74, 6) is -1.60. The van der Waals surface area contributed by atoms with Crippen molar-refractivity contribution >= 4 is 29.2 Å². The number of ether oxygens (including phenoxy) is 3. The smallest absolute Gasteiger partial charge is 0.339 e. The number of nitrogens with zero attached hydrogens (tertiary/aromatic N) is 2. The van der Waals surface area contributed by atoms with Gasteiger partial charge < -0.3 is 18.8 Å². The molecule has 0 N–H and O–H groups in total. The molecule has 35 heavy (non-hydrogen) atoms. The maximum absolute atomic E-state index is 12.5. The first-order valence-corrected chi connectivity index (χ1v) is 11.8. The standard InChI is InChI=1S/C27H22Cl2N2O4/c28-22-10-11-24(25(29)14-22)26(32)33-15-23-16-34-27(35-23,17-31-13-12-30-18-31)21-8-6-20(7-9-21)19-4-2-1-3-5-19/h1-14,18,23H,15-17H2/t23-,27-/m0/s1. The number of halogens is 2. The lowest BCUT2D eigenvalue weighted by atomic mass is 10.00. The van der Waals surface area contributed by atoms with Crippen LogP contribution < -0.4 is 0 Å². The molecule has 1 aliphatic rings. The first-order chi connectivity index (χ1) is 17.0. The zero-order chi connectivity index (χ0) is 24.3. The van der Waals surface area contributed by atoms with Crippen LogP contribution in [0.3, 0.4) is 0 Å². The molecule has 0 amide bonds. The van der Waals surface area contributed by atoms with Crippen LogP contribution in [0.1, 0.15) is 15.9 Å². The third-order valence-corrected chi connectivity index (χ3v) is 6.34. The number of rotatable bonds is 7. The molecule has 1 saturated heterocycles. The van der Waals surface area contributed by atoms with Gasteiger partial charge in [-0.25, -0.2) is 9.78 Å². The summed E-state index contributed by atoms with van der Waals surface area (Å²) in [6.07, 6.45) is 4.81. The average Bonchev–Trinajstić information content (AvgIpc) is 3.54. The minimum Gasteiger partial charge on any atom is -0.459 e. The minimum absolute atomic E-state index is 0.0194. The van der Waals surface area contributed by atoms with Crippen molar-refractivity contribution in [3.63, 3.8) is 0 Å². The molecule has 6 nitrogen and oxygen atoms in total. The fourth-order valence-corrected chi connectivity index (χ4v) is 4.53. The lowest BCUT2D eigenvalue weighted by molar-refractivity contribution is -0.190. The fraction of sp³-hybridized carbons (Fsp3) is 0.185. The molecule has 0 radical (unpaired) electrons. The number of hydrogen-bond donors (Lipinski definition) is 0. The second-order valence-corrected chi connectivity index (χ2v) is 9.05. The Kier molecular flexibility index (Phi) is 6.88. The summed E-state index contributed by atoms with van der Waals surface area (Å²) in [5, 5.41) is 0.681. The van der Waals surface area contributed by atoms with E-state index in [1.165, 1.54) is 12.1 Å². The van der Waals surface area contributed by atoms with Crippen LogP contribution >= 0.6 is 23.2 Å². The number of esters is 1.